The monoisotopic (exact) mass is 322 g/mol. The van der Waals surface area contributed by atoms with E-state index in [2.05, 4.69) is 15.0 Å². The van der Waals surface area contributed by atoms with Crippen molar-refractivity contribution in [2.75, 3.05) is 19.5 Å². The van der Waals surface area contributed by atoms with E-state index in [1.165, 1.54) is 13.3 Å². The normalized spacial score (nSPS) is 19.7. The van der Waals surface area contributed by atoms with Gasteiger partial charge in [0.2, 0.25) is 5.88 Å². The first kappa shape index (κ1) is 16.7. The molecule has 0 aliphatic heterocycles. The minimum atomic E-state index is -0.981. The fourth-order valence-electron chi connectivity index (χ4n) is 2.40. The Morgan fingerprint density at radius 2 is 1.96 bits per heavy atom. The first-order chi connectivity index (χ1) is 11.0. The largest absolute Gasteiger partial charge is 0.474 e. The van der Waals surface area contributed by atoms with Gasteiger partial charge < -0.3 is 19.5 Å². The Balaban J connectivity index is 1.87. The summed E-state index contributed by atoms with van der Waals surface area (Å²) in [5, 5.41) is 2.35. The topological polar surface area (TPSA) is 104 Å². The summed E-state index contributed by atoms with van der Waals surface area (Å²) < 4.78 is 14.7. The van der Waals surface area contributed by atoms with Crippen molar-refractivity contribution < 1.29 is 28.6 Å². The van der Waals surface area contributed by atoms with Crippen molar-refractivity contribution >= 4 is 23.5 Å². The molecule has 2 rings (SSSR count). The second-order valence-electron chi connectivity index (χ2n) is 5.10. The van der Waals surface area contributed by atoms with Gasteiger partial charge in [-0.2, -0.15) is 0 Å². The lowest BCUT2D eigenvalue weighted by atomic mass is 10.1. The maximum absolute atomic E-state index is 11.5. The van der Waals surface area contributed by atoms with Gasteiger partial charge in [0, 0.05) is 6.07 Å². The molecule has 8 heteroatoms. The van der Waals surface area contributed by atoms with Gasteiger partial charge in [0.1, 0.15) is 6.10 Å². The molecule has 0 radical (unpaired) electrons. The van der Waals surface area contributed by atoms with E-state index < -0.39 is 11.9 Å². The molecule has 0 aromatic carbocycles. The van der Waals surface area contributed by atoms with Crippen LogP contribution in [0.4, 0.5) is 5.69 Å². The fraction of sp³-hybridized carbons (Fsp3) is 0.467. The zero-order chi connectivity index (χ0) is 16.8. The zero-order valence-corrected chi connectivity index (χ0v) is 12.9. The molecule has 1 heterocycles. The van der Waals surface area contributed by atoms with Crippen molar-refractivity contribution in [2.24, 2.45) is 5.92 Å². The summed E-state index contributed by atoms with van der Waals surface area (Å²) >= 11 is 0. The molecule has 1 aliphatic carbocycles. The van der Waals surface area contributed by atoms with Crippen LogP contribution in [0.2, 0.25) is 0 Å². The number of rotatable bonds is 4. The molecule has 0 unspecified atom stereocenters. The Labute approximate surface area is 133 Å². The Hall–Kier alpha value is -2.64. The number of methoxy groups -OCH3 is 2. The number of hydrogen-bond acceptors (Lipinski definition) is 7. The van der Waals surface area contributed by atoms with Gasteiger partial charge in [0.25, 0.3) is 0 Å². The van der Waals surface area contributed by atoms with Crippen LogP contribution in [0.1, 0.15) is 19.3 Å². The van der Waals surface area contributed by atoms with E-state index in [1.807, 2.05) is 0 Å². The van der Waals surface area contributed by atoms with Gasteiger partial charge in [0.15, 0.2) is 0 Å². The number of nitrogens with one attached hydrogen (secondary N) is 1. The van der Waals surface area contributed by atoms with Gasteiger partial charge in [-0.1, -0.05) is 0 Å². The number of aromatic nitrogens is 1. The second-order valence-corrected chi connectivity index (χ2v) is 5.10. The van der Waals surface area contributed by atoms with Crippen LogP contribution in [-0.2, 0) is 23.9 Å². The summed E-state index contributed by atoms with van der Waals surface area (Å²) in [5.74, 6) is -1.82. The van der Waals surface area contributed by atoms with Gasteiger partial charge >= 0.3 is 17.8 Å². The van der Waals surface area contributed by atoms with Crippen LogP contribution < -0.4 is 10.1 Å². The summed E-state index contributed by atoms with van der Waals surface area (Å²) in [6.07, 6.45) is 3.35. The number of anilines is 1. The average molecular weight is 322 g/mol. The van der Waals surface area contributed by atoms with Crippen LogP contribution in [0.5, 0.6) is 5.88 Å². The molecule has 23 heavy (non-hydrogen) atoms. The highest BCUT2D eigenvalue weighted by atomic mass is 16.5. The Kier molecular flexibility index (Phi) is 5.51. The third-order valence-electron chi connectivity index (χ3n) is 3.57. The molecule has 0 spiro atoms. The number of ether oxygens (including phenoxy) is 3. The molecule has 1 aliphatic rings. The highest BCUT2D eigenvalue weighted by Gasteiger charge is 2.32. The highest BCUT2D eigenvalue weighted by molar-refractivity contribution is 6.37. The average Bonchev–Trinajstić information content (AvgIpc) is 3.03. The van der Waals surface area contributed by atoms with Gasteiger partial charge in [-0.3, -0.25) is 9.59 Å². The first-order valence-corrected chi connectivity index (χ1v) is 7.13. The molecule has 0 bridgehead atoms. The lowest BCUT2D eigenvalue weighted by Gasteiger charge is -2.13. The first-order valence-electron chi connectivity index (χ1n) is 7.13. The van der Waals surface area contributed by atoms with Crippen LogP contribution in [0.15, 0.2) is 18.3 Å². The van der Waals surface area contributed by atoms with Crippen LogP contribution in [0, 0.1) is 5.92 Å². The van der Waals surface area contributed by atoms with Crippen molar-refractivity contribution in [3.05, 3.63) is 18.3 Å². The van der Waals surface area contributed by atoms with Gasteiger partial charge in [-0.15, -0.1) is 0 Å². The minimum absolute atomic E-state index is 0.0953. The molecule has 1 aromatic heterocycles. The molecule has 124 valence electrons. The van der Waals surface area contributed by atoms with Crippen LogP contribution in [0.25, 0.3) is 0 Å². The highest BCUT2D eigenvalue weighted by Crippen LogP contribution is 2.29. The lowest BCUT2D eigenvalue weighted by Crippen LogP contribution is -2.23. The minimum Gasteiger partial charge on any atom is -0.474 e. The Bertz CT molecular complexity index is 586. The number of pyridine rings is 1. The number of nitrogens with zero attached hydrogens (tertiary/aromatic N) is 1. The number of amides is 1. The third-order valence-corrected chi connectivity index (χ3v) is 3.57. The summed E-state index contributed by atoms with van der Waals surface area (Å²) in [7, 11) is 2.50. The van der Waals surface area contributed by atoms with Crippen LogP contribution >= 0.6 is 0 Å². The zero-order valence-electron chi connectivity index (χ0n) is 12.9. The SMILES string of the molecule is COC(=O)C(=O)Nc1ccc(O[C@@H]2CC[C@@H](C(=O)OC)C2)nc1. The smallest absolute Gasteiger partial charge is 0.396 e. The Morgan fingerprint density at radius 3 is 2.57 bits per heavy atom. The van der Waals surface area contributed by atoms with Gasteiger partial charge in [0.05, 0.1) is 32.0 Å². The van der Waals surface area contributed by atoms with E-state index in [9.17, 15) is 14.4 Å². The molecule has 2 atom stereocenters. The summed E-state index contributed by atoms with van der Waals surface area (Å²) in [4.78, 5) is 37.9. The lowest BCUT2D eigenvalue weighted by molar-refractivity contribution is -0.150. The quantitative estimate of drug-likeness (QED) is 0.649. The summed E-state index contributed by atoms with van der Waals surface area (Å²) in [6.45, 7) is 0. The predicted octanol–water partition coefficient (Wildman–Crippen LogP) is 0.914. The van der Waals surface area contributed by atoms with Crippen LogP contribution in [-0.4, -0.2) is 43.2 Å². The molecular formula is C15H18N2O6. The molecule has 1 aromatic rings. The second kappa shape index (κ2) is 7.57. The van der Waals surface area contributed by atoms with Gasteiger partial charge in [-0.25, -0.2) is 9.78 Å². The molecular weight excluding hydrogens is 304 g/mol. The van der Waals surface area contributed by atoms with Crippen LogP contribution in [0.3, 0.4) is 0 Å². The molecule has 1 fully saturated rings. The van der Waals surface area contributed by atoms with E-state index in [-0.39, 0.29) is 18.0 Å². The molecule has 1 saturated carbocycles. The van der Waals surface area contributed by atoms with Crippen molar-refractivity contribution in [3.63, 3.8) is 0 Å². The fourth-order valence-corrected chi connectivity index (χ4v) is 2.40. The number of carbonyl (C=O) groups excluding carboxylic acids is 3. The van der Waals surface area contributed by atoms with E-state index in [4.69, 9.17) is 9.47 Å². The standard InChI is InChI=1S/C15H18N2O6/c1-21-14(19)9-3-5-11(7-9)23-12-6-4-10(8-16-12)17-13(18)15(20)22-2/h4,6,8-9,11H,3,5,7H2,1-2H3,(H,17,18)/t9-,11-/m1/s1. The molecule has 0 saturated heterocycles. The Morgan fingerprint density at radius 1 is 1.17 bits per heavy atom. The predicted molar refractivity (Wildman–Crippen MR) is 78.7 cm³/mol. The number of carbonyl (C=O) groups is 3. The van der Waals surface area contributed by atoms with Crippen molar-refractivity contribution in [2.45, 2.75) is 25.4 Å². The van der Waals surface area contributed by atoms with Gasteiger partial charge in [-0.05, 0) is 25.3 Å². The summed E-state index contributed by atoms with van der Waals surface area (Å²) in [6, 6.07) is 3.15. The number of esters is 2. The van der Waals surface area contributed by atoms with E-state index in [0.29, 0.717) is 18.0 Å². The van der Waals surface area contributed by atoms with Crippen molar-refractivity contribution in [1.82, 2.24) is 4.98 Å². The maximum Gasteiger partial charge on any atom is 0.396 e. The molecule has 1 amide bonds. The van der Waals surface area contributed by atoms with E-state index >= 15 is 0 Å². The maximum atomic E-state index is 11.5. The third kappa shape index (κ3) is 4.41. The number of hydrogen-bond donors (Lipinski definition) is 1. The van der Waals surface area contributed by atoms with Crippen molar-refractivity contribution in [1.29, 1.82) is 0 Å². The summed E-state index contributed by atoms with van der Waals surface area (Å²) in [5.41, 5.74) is 0.353. The molecule has 1 N–H and O–H groups in total. The molecule has 8 nitrogen and oxygen atoms in total. The van der Waals surface area contributed by atoms with E-state index in [0.717, 1.165) is 20.0 Å². The van der Waals surface area contributed by atoms with Crippen molar-refractivity contribution in [3.8, 4) is 5.88 Å². The van der Waals surface area contributed by atoms with E-state index in [1.54, 1.807) is 12.1 Å².